The number of nitrogens with zero attached hydrogens (tertiary/aromatic N) is 2. The molecule has 0 radical (unpaired) electrons. The van der Waals surface area contributed by atoms with Crippen molar-refractivity contribution in [3.63, 3.8) is 0 Å². The van der Waals surface area contributed by atoms with Crippen LogP contribution in [0.25, 0.3) is 0 Å². The highest BCUT2D eigenvalue weighted by molar-refractivity contribution is 5.80. The Hall–Kier alpha value is -2.37. The van der Waals surface area contributed by atoms with E-state index in [1.807, 2.05) is 0 Å². The fraction of sp³-hybridized carbons (Fsp3) is 0.333. The van der Waals surface area contributed by atoms with Crippen LogP contribution in [0.1, 0.15) is 18.5 Å². The molecule has 6 heteroatoms. The summed E-state index contributed by atoms with van der Waals surface area (Å²) in [5.41, 5.74) is 0.377. The van der Waals surface area contributed by atoms with Gasteiger partial charge in [-0.2, -0.15) is 0 Å². The van der Waals surface area contributed by atoms with E-state index in [0.29, 0.717) is 5.56 Å². The number of carboxylic acid groups (broad SMARTS) is 1. The molecule has 0 heterocycles. The Morgan fingerprint density at radius 2 is 2.05 bits per heavy atom. The number of carboxylic acids is 1. The zero-order valence-corrected chi connectivity index (χ0v) is 12.1. The first-order valence-corrected chi connectivity index (χ1v) is 6.47. The van der Waals surface area contributed by atoms with Crippen molar-refractivity contribution < 1.29 is 19.1 Å². The molecule has 1 N–H and O–H groups in total. The maximum Gasteiger partial charge on any atom is 0.323 e. The first kappa shape index (κ1) is 16.7. The van der Waals surface area contributed by atoms with E-state index in [4.69, 9.17) is 5.11 Å². The molecule has 1 rings (SSSR count). The first-order chi connectivity index (χ1) is 9.88. The van der Waals surface area contributed by atoms with Crippen LogP contribution < -0.4 is 0 Å². The quantitative estimate of drug-likeness (QED) is 0.820. The predicted molar refractivity (Wildman–Crippen MR) is 77.4 cm³/mol. The molecule has 0 saturated heterocycles. The van der Waals surface area contributed by atoms with Crippen LogP contribution in [-0.4, -0.2) is 47.0 Å². The third-order valence-electron chi connectivity index (χ3n) is 3.18. The Bertz CT molecular complexity index is 533. The van der Waals surface area contributed by atoms with Crippen molar-refractivity contribution in [2.24, 2.45) is 0 Å². The Morgan fingerprint density at radius 1 is 1.43 bits per heavy atom. The number of benzene rings is 1. The zero-order valence-electron chi connectivity index (χ0n) is 12.1. The molecule has 0 aliphatic carbocycles. The average Bonchev–Trinajstić information content (AvgIpc) is 2.44. The van der Waals surface area contributed by atoms with E-state index in [-0.39, 0.29) is 6.54 Å². The lowest BCUT2D eigenvalue weighted by atomic mass is 10.1. The van der Waals surface area contributed by atoms with Gasteiger partial charge in [-0.1, -0.05) is 24.3 Å². The lowest BCUT2D eigenvalue weighted by molar-refractivity contribution is -0.137. The molecule has 5 nitrogen and oxygen atoms in total. The normalized spacial score (nSPS) is 11.6. The molecule has 0 saturated carbocycles. The highest BCUT2D eigenvalue weighted by Gasteiger charge is 2.25. The summed E-state index contributed by atoms with van der Waals surface area (Å²) in [7, 11) is 1.51. The summed E-state index contributed by atoms with van der Waals surface area (Å²) in [6.07, 6.45) is 1.45. The van der Waals surface area contributed by atoms with E-state index in [1.165, 1.54) is 24.1 Å². The van der Waals surface area contributed by atoms with Crippen LogP contribution in [0, 0.1) is 5.82 Å². The number of halogens is 1. The highest BCUT2D eigenvalue weighted by Crippen LogP contribution is 2.22. The van der Waals surface area contributed by atoms with Crippen LogP contribution >= 0.6 is 0 Å². The van der Waals surface area contributed by atoms with Gasteiger partial charge in [0.25, 0.3) is 0 Å². The smallest absolute Gasteiger partial charge is 0.323 e. The summed E-state index contributed by atoms with van der Waals surface area (Å²) < 4.78 is 13.8. The Morgan fingerprint density at radius 3 is 2.57 bits per heavy atom. The Balaban J connectivity index is 2.91. The van der Waals surface area contributed by atoms with Crippen LogP contribution in [-0.2, 0) is 4.79 Å². The summed E-state index contributed by atoms with van der Waals surface area (Å²) in [4.78, 5) is 25.6. The SMILES string of the molecule is C=CCN(CC(=O)O)C(=O)N(C)C(C)c1ccccc1F. The van der Waals surface area contributed by atoms with Gasteiger partial charge in [0, 0.05) is 19.2 Å². The minimum absolute atomic E-state index is 0.111. The van der Waals surface area contributed by atoms with Gasteiger partial charge in [-0.3, -0.25) is 4.79 Å². The van der Waals surface area contributed by atoms with Crippen LogP contribution in [0.2, 0.25) is 0 Å². The fourth-order valence-electron chi connectivity index (χ4n) is 1.94. The van der Waals surface area contributed by atoms with Gasteiger partial charge >= 0.3 is 12.0 Å². The Labute approximate surface area is 123 Å². The van der Waals surface area contributed by atoms with Crippen LogP contribution in [0.15, 0.2) is 36.9 Å². The molecular formula is C15H19FN2O3. The topological polar surface area (TPSA) is 60.9 Å². The molecule has 21 heavy (non-hydrogen) atoms. The highest BCUT2D eigenvalue weighted by atomic mass is 19.1. The molecule has 1 unspecified atom stereocenters. The van der Waals surface area contributed by atoms with Crippen molar-refractivity contribution in [2.75, 3.05) is 20.1 Å². The van der Waals surface area contributed by atoms with E-state index < -0.39 is 30.4 Å². The van der Waals surface area contributed by atoms with Crippen molar-refractivity contribution in [1.82, 2.24) is 9.80 Å². The third-order valence-corrected chi connectivity index (χ3v) is 3.18. The Kier molecular flexibility index (Phi) is 5.90. The standard InChI is InChI=1S/C15H19FN2O3/c1-4-9-18(10-14(19)20)15(21)17(3)11(2)12-7-5-6-8-13(12)16/h4-8,11H,1,9-10H2,2-3H3,(H,19,20). The summed E-state index contributed by atoms with van der Waals surface area (Å²) in [6, 6.07) is 5.17. The summed E-state index contributed by atoms with van der Waals surface area (Å²) in [6.45, 7) is 4.86. The second kappa shape index (κ2) is 7.42. The van der Waals surface area contributed by atoms with Gasteiger partial charge in [-0.25, -0.2) is 9.18 Å². The van der Waals surface area contributed by atoms with Crippen molar-refractivity contribution in [3.05, 3.63) is 48.3 Å². The van der Waals surface area contributed by atoms with Crippen molar-refractivity contribution in [2.45, 2.75) is 13.0 Å². The summed E-state index contributed by atoms with van der Waals surface area (Å²) in [5, 5.41) is 8.83. The predicted octanol–water partition coefficient (Wildman–Crippen LogP) is 2.51. The molecule has 1 atom stereocenters. The number of amides is 2. The molecule has 0 aliphatic rings. The van der Waals surface area contributed by atoms with Crippen LogP contribution in [0.4, 0.5) is 9.18 Å². The number of rotatable bonds is 6. The molecular weight excluding hydrogens is 275 g/mol. The summed E-state index contributed by atoms with van der Waals surface area (Å²) >= 11 is 0. The van der Waals surface area contributed by atoms with E-state index in [1.54, 1.807) is 25.1 Å². The second-order valence-corrected chi connectivity index (χ2v) is 4.65. The molecule has 1 aromatic carbocycles. The zero-order chi connectivity index (χ0) is 16.0. The van der Waals surface area contributed by atoms with Crippen molar-refractivity contribution >= 4 is 12.0 Å². The lowest BCUT2D eigenvalue weighted by Gasteiger charge is -2.31. The minimum Gasteiger partial charge on any atom is -0.480 e. The molecule has 0 spiro atoms. The first-order valence-electron chi connectivity index (χ1n) is 6.47. The van der Waals surface area contributed by atoms with Crippen LogP contribution in [0.5, 0.6) is 0 Å². The summed E-state index contributed by atoms with van der Waals surface area (Å²) in [5.74, 6) is -1.52. The second-order valence-electron chi connectivity index (χ2n) is 4.65. The van der Waals surface area contributed by atoms with Gasteiger partial charge in [-0.15, -0.1) is 6.58 Å². The largest absolute Gasteiger partial charge is 0.480 e. The van der Waals surface area contributed by atoms with Crippen molar-refractivity contribution in [3.8, 4) is 0 Å². The molecule has 1 aromatic rings. The maximum atomic E-state index is 13.8. The molecule has 2 amide bonds. The number of carbonyl (C=O) groups excluding carboxylic acids is 1. The number of aliphatic carboxylic acids is 1. The molecule has 0 aliphatic heterocycles. The fourth-order valence-corrected chi connectivity index (χ4v) is 1.94. The van der Waals surface area contributed by atoms with E-state index in [9.17, 15) is 14.0 Å². The van der Waals surface area contributed by atoms with E-state index in [0.717, 1.165) is 4.90 Å². The van der Waals surface area contributed by atoms with Crippen molar-refractivity contribution in [1.29, 1.82) is 0 Å². The number of urea groups is 1. The maximum absolute atomic E-state index is 13.8. The van der Waals surface area contributed by atoms with Gasteiger partial charge in [0.05, 0.1) is 6.04 Å². The molecule has 114 valence electrons. The molecule has 0 aromatic heterocycles. The molecule has 0 bridgehead atoms. The minimum atomic E-state index is -1.11. The number of hydrogen-bond donors (Lipinski definition) is 1. The average molecular weight is 294 g/mol. The number of carbonyl (C=O) groups is 2. The van der Waals surface area contributed by atoms with Gasteiger partial charge in [-0.05, 0) is 13.0 Å². The monoisotopic (exact) mass is 294 g/mol. The van der Waals surface area contributed by atoms with Gasteiger partial charge in [0.15, 0.2) is 0 Å². The van der Waals surface area contributed by atoms with Gasteiger partial charge in [0.1, 0.15) is 12.4 Å². The van der Waals surface area contributed by atoms with Gasteiger partial charge in [0.2, 0.25) is 0 Å². The lowest BCUT2D eigenvalue weighted by Crippen LogP contribution is -2.44. The van der Waals surface area contributed by atoms with E-state index >= 15 is 0 Å². The third kappa shape index (κ3) is 4.30. The van der Waals surface area contributed by atoms with E-state index in [2.05, 4.69) is 6.58 Å². The van der Waals surface area contributed by atoms with Gasteiger partial charge < -0.3 is 14.9 Å². The number of hydrogen-bond acceptors (Lipinski definition) is 2. The molecule has 0 fully saturated rings. The van der Waals surface area contributed by atoms with Crippen LogP contribution in [0.3, 0.4) is 0 Å².